The number of nitrogens with one attached hydrogen (secondary N) is 2. The van der Waals surface area contributed by atoms with Crippen molar-refractivity contribution in [1.29, 1.82) is 0 Å². The highest BCUT2D eigenvalue weighted by Gasteiger charge is 2.09. The van der Waals surface area contributed by atoms with Gasteiger partial charge in [0.25, 0.3) is 5.91 Å². The number of pyridine rings is 1. The summed E-state index contributed by atoms with van der Waals surface area (Å²) in [4.78, 5) is 16.4. The largest absolute Gasteiger partial charge is 0.497 e. The maximum absolute atomic E-state index is 13.6. The summed E-state index contributed by atoms with van der Waals surface area (Å²) in [6.07, 6.45) is 1.48. The first kappa shape index (κ1) is 16.4. The van der Waals surface area contributed by atoms with Crippen LogP contribution in [-0.2, 0) is 0 Å². The Bertz CT molecular complexity index is 882. The van der Waals surface area contributed by atoms with Crippen molar-refractivity contribution in [3.05, 3.63) is 78.4 Å². The van der Waals surface area contributed by atoms with Crippen molar-refractivity contribution in [1.82, 2.24) is 4.98 Å². The molecule has 0 unspecified atom stereocenters. The second kappa shape index (κ2) is 7.44. The van der Waals surface area contributed by atoms with Gasteiger partial charge in [0, 0.05) is 11.8 Å². The number of nitrogens with zero attached hydrogens (tertiary/aromatic N) is 1. The number of aromatic nitrogens is 1. The van der Waals surface area contributed by atoms with Gasteiger partial charge in [0.15, 0.2) is 0 Å². The van der Waals surface area contributed by atoms with E-state index in [0.717, 1.165) is 0 Å². The zero-order valence-corrected chi connectivity index (χ0v) is 13.5. The molecule has 0 atom stereocenters. The number of methoxy groups -OCH3 is 1. The molecule has 0 saturated heterocycles. The summed E-state index contributed by atoms with van der Waals surface area (Å²) in [6, 6.07) is 16.6. The van der Waals surface area contributed by atoms with Gasteiger partial charge in [-0.1, -0.05) is 18.2 Å². The summed E-state index contributed by atoms with van der Waals surface area (Å²) < 4.78 is 18.7. The molecule has 25 heavy (non-hydrogen) atoms. The van der Waals surface area contributed by atoms with Crippen LogP contribution in [0.1, 0.15) is 10.5 Å². The minimum absolute atomic E-state index is 0.252. The molecular weight excluding hydrogens is 321 g/mol. The second-order valence-corrected chi connectivity index (χ2v) is 5.22. The average Bonchev–Trinajstić information content (AvgIpc) is 2.64. The summed E-state index contributed by atoms with van der Waals surface area (Å²) in [5.74, 6) is -0.0526. The van der Waals surface area contributed by atoms with Crippen molar-refractivity contribution in [3.63, 3.8) is 0 Å². The first-order valence-electron chi connectivity index (χ1n) is 7.59. The summed E-state index contributed by atoms with van der Waals surface area (Å²) in [5, 5.41) is 5.67. The van der Waals surface area contributed by atoms with Gasteiger partial charge >= 0.3 is 0 Å². The molecule has 0 aliphatic heterocycles. The van der Waals surface area contributed by atoms with Gasteiger partial charge < -0.3 is 15.4 Å². The highest BCUT2D eigenvalue weighted by Crippen LogP contribution is 2.20. The number of hydrogen-bond acceptors (Lipinski definition) is 4. The van der Waals surface area contributed by atoms with E-state index in [1.807, 2.05) is 0 Å². The lowest BCUT2D eigenvalue weighted by Gasteiger charge is -2.09. The van der Waals surface area contributed by atoms with Crippen molar-refractivity contribution >= 4 is 23.0 Å². The summed E-state index contributed by atoms with van der Waals surface area (Å²) in [5.41, 5.74) is 1.79. The van der Waals surface area contributed by atoms with E-state index < -0.39 is 0 Å². The van der Waals surface area contributed by atoms with Crippen LogP contribution in [0.5, 0.6) is 5.75 Å². The van der Waals surface area contributed by atoms with Crippen LogP contribution in [0.15, 0.2) is 66.9 Å². The van der Waals surface area contributed by atoms with E-state index in [-0.39, 0.29) is 17.4 Å². The van der Waals surface area contributed by atoms with E-state index in [4.69, 9.17) is 4.74 Å². The van der Waals surface area contributed by atoms with Gasteiger partial charge in [-0.15, -0.1) is 0 Å². The third-order valence-electron chi connectivity index (χ3n) is 3.48. The summed E-state index contributed by atoms with van der Waals surface area (Å²) >= 11 is 0. The number of ether oxygens (including phenoxy) is 1. The molecule has 2 aromatic carbocycles. The SMILES string of the molecule is COc1cccc(NC(=O)c2ccc(Nc3ccccc3F)cn2)c1. The zero-order valence-electron chi connectivity index (χ0n) is 13.5. The Labute approximate surface area is 144 Å². The molecule has 3 aromatic rings. The quantitative estimate of drug-likeness (QED) is 0.731. The lowest BCUT2D eigenvalue weighted by atomic mass is 10.2. The Morgan fingerprint density at radius 3 is 2.60 bits per heavy atom. The number of para-hydroxylation sites is 1. The number of carbonyl (C=O) groups excluding carboxylic acids is 1. The number of rotatable bonds is 5. The van der Waals surface area contributed by atoms with Crippen LogP contribution in [0.3, 0.4) is 0 Å². The topological polar surface area (TPSA) is 63.2 Å². The fourth-order valence-electron chi connectivity index (χ4n) is 2.22. The van der Waals surface area contributed by atoms with Gasteiger partial charge in [0.1, 0.15) is 17.3 Å². The number of carbonyl (C=O) groups is 1. The number of benzene rings is 2. The van der Waals surface area contributed by atoms with E-state index in [0.29, 0.717) is 22.8 Å². The Morgan fingerprint density at radius 1 is 1.04 bits per heavy atom. The minimum Gasteiger partial charge on any atom is -0.497 e. The molecule has 0 radical (unpaired) electrons. The zero-order chi connectivity index (χ0) is 17.6. The molecule has 3 rings (SSSR count). The van der Waals surface area contributed by atoms with Gasteiger partial charge in [-0.3, -0.25) is 4.79 Å². The number of halogens is 1. The van der Waals surface area contributed by atoms with Crippen molar-refractivity contribution in [2.75, 3.05) is 17.7 Å². The van der Waals surface area contributed by atoms with Crippen molar-refractivity contribution in [2.45, 2.75) is 0 Å². The fraction of sp³-hybridized carbons (Fsp3) is 0.0526. The van der Waals surface area contributed by atoms with Gasteiger partial charge in [0.05, 0.1) is 24.7 Å². The highest BCUT2D eigenvalue weighted by molar-refractivity contribution is 6.03. The molecule has 0 bridgehead atoms. The first-order valence-corrected chi connectivity index (χ1v) is 7.59. The molecule has 1 heterocycles. The van der Waals surface area contributed by atoms with Crippen LogP contribution in [-0.4, -0.2) is 18.0 Å². The van der Waals surface area contributed by atoms with Crippen LogP contribution < -0.4 is 15.4 Å². The Hall–Kier alpha value is -3.41. The van der Waals surface area contributed by atoms with Crippen LogP contribution in [0.2, 0.25) is 0 Å². The predicted molar refractivity (Wildman–Crippen MR) is 94.9 cm³/mol. The fourth-order valence-corrected chi connectivity index (χ4v) is 2.22. The van der Waals surface area contributed by atoms with E-state index in [2.05, 4.69) is 15.6 Å². The Morgan fingerprint density at radius 2 is 1.88 bits per heavy atom. The van der Waals surface area contributed by atoms with Gasteiger partial charge in [-0.2, -0.15) is 0 Å². The number of anilines is 3. The maximum atomic E-state index is 13.6. The maximum Gasteiger partial charge on any atom is 0.274 e. The van der Waals surface area contributed by atoms with E-state index in [9.17, 15) is 9.18 Å². The molecule has 6 heteroatoms. The molecule has 0 aliphatic carbocycles. The van der Waals surface area contributed by atoms with Crippen LogP contribution in [0.4, 0.5) is 21.5 Å². The second-order valence-electron chi connectivity index (χ2n) is 5.22. The molecular formula is C19H16FN3O2. The number of amides is 1. The molecule has 126 valence electrons. The summed E-state index contributed by atoms with van der Waals surface area (Å²) in [7, 11) is 1.56. The van der Waals surface area contributed by atoms with Crippen LogP contribution in [0, 0.1) is 5.82 Å². The standard InChI is InChI=1S/C19H16FN3O2/c1-25-15-6-4-5-13(11-15)23-19(24)18-10-9-14(12-21-18)22-17-8-3-2-7-16(17)20/h2-12,22H,1H3,(H,23,24). The normalized spacial score (nSPS) is 10.2. The number of hydrogen-bond donors (Lipinski definition) is 2. The third kappa shape index (κ3) is 4.11. The van der Waals surface area contributed by atoms with Crippen molar-refractivity contribution < 1.29 is 13.9 Å². The van der Waals surface area contributed by atoms with E-state index >= 15 is 0 Å². The molecule has 5 nitrogen and oxygen atoms in total. The lowest BCUT2D eigenvalue weighted by molar-refractivity contribution is 0.102. The van der Waals surface area contributed by atoms with E-state index in [1.165, 1.54) is 12.3 Å². The lowest BCUT2D eigenvalue weighted by Crippen LogP contribution is -2.13. The Kier molecular flexibility index (Phi) is 4.89. The van der Waals surface area contributed by atoms with Gasteiger partial charge in [-0.25, -0.2) is 9.37 Å². The molecule has 2 N–H and O–H groups in total. The first-order chi connectivity index (χ1) is 12.2. The predicted octanol–water partition coefficient (Wildman–Crippen LogP) is 4.23. The van der Waals surface area contributed by atoms with E-state index in [1.54, 1.807) is 61.7 Å². The highest BCUT2D eigenvalue weighted by atomic mass is 19.1. The summed E-state index contributed by atoms with van der Waals surface area (Å²) in [6.45, 7) is 0. The molecule has 0 fully saturated rings. The molecule has 1 aromatic heterocycles. The van der Waals surface area contributed by atoms with Gasteiger partial charge in [-0.05, 0) is 36.4 Å². The third-order valence-corrected chi connectivity index (χ3v) is 3.48. The molecule has 1 amide bonds. The van der Waals surface area contributed by atoms with Crippen molar-refractivity contribution in [3.8, 4) is 5.75 Å². The van der Waals surface area contributed by atoms with Crippen LogP contribution in [0.25, 0.3) is 0 Å². The molecule has 0 spiro atoms. The molecule has 0 saturated carbocycles. The minimum atomic E-state index is -0.359. The Balaban J connectivity index is 1.69. The van der Waals surface area contributed by atoms with Crippen molar-refractivity contribution in [2.24, 2.45) is 0 Å². The average molecular weight is 337 g/mol. The molecule has 0 aliphatic rings. The monoisotopic (exact) mass is 337 g/mol. The van der Waals surface area contributed by atoms with Crippen LogP contribution >= 0.6 is 0 Å². The smallest absolute Gasteiger partial charge is 0.274 e. The van der Waals surface area contributed by atoms with Gasteiger partial charge in [0.2, 0.25) is 0 Å².